The molecule has 0 saturated heterocycles. The summed E-state index contributed by atoms with van der Waals surface area (Å²) in [5.41, 5.74) is 2.35. The number of hydrogen-bond donors (Lipinski definition) is 0. The van der Waals surface area contributed by atoms with Gasteiger partial charge in [0.15, 0.2) is 0 Å². The van der Waals surface area contributed by atoms with Crippen LogP contribution in [0.2, 0.25) is 0 Å². The molecular formula is C16H28. The highest BCUT2D eigenvalue weighted by molar-refractivity contribution is 5.20. The van der Waals surface area contributed by atoms with Gasteiger partial charge in [-0.2, -0.15) is 0 Å². The molecule has 0 N–H and O–H groups in total. The molecular weight excluding hydrogens is 192 g/mol. The first-order valence-electron chi connectivity index (χ1n) is 6.81. The van der Waals surface area contributed by atoms with Gasteiger partial charge in [0.1, 0.15) is 0 Å². The van der Waals surface area contributed by atoms with Gasteiger partial charge in [0, 0.05) is 0 Å². The number of hydrogen-bond acceptors (Lipinski definition) is 0. The van der Waals surface area contributed by atoms with E-state index in [9.17, 15) is 0 Å². The Morgan fingerprint density at radius 2 is 2.00 bits per heavy atom. The normalized spacial score (nSPS) is 37.6. The Bertz CT molecular complexity index is 261. The van der Waals surface area contributed by atoms with E-state index in [1.807, 2.05) is 6.92 Å². The molecule has 16 heavy (non-hydrogen) atoms. The molecule has 0 unspecified atom stereocenters. The first-order chi connectivity index (χ1) is 7.54. The van der Waals surface area contributed by atoms with Crippen molar-refractivity contribution in [1.29, 1.82) is 0 Å². The lowest BCUT2D eigenvalue weighted by Crippen LogP contribution is -2.35. The Kier molecular flexibility index (Phi) is 4.83. The first-order valence-corrected chi connectivity index (χ1v) is 6.81. The molecule has 0 aromatic rings. The molecule has 2 aliphatic carbocycles. The molecule has 92 valence electrons. The Balaban J connectivity index is 0.000000386. The Labute approximate surface area is 102 Å². The summed E-state index contributed by atoms with van der Waals surface area (Å²) in [6, 6.07) is 0. The third-order valence-electron chi connectivity index (χ3n) is 4.49. The van der Waals surface area contributed by atoms with Crippen LogP contribution < -0.4 is 0 Å². The van der Waals surface area contributed by atoms with Crippen LogP contribution in [0, 0.1) is 17.3 Å². The zero-order valence-electron chi connectivity index (χ0n) is 11.6. The van der Waals surface area contributed by atoms with Gasteiger partial charge in [0.05, 0.1) is 0 Å². The number of rotatable bonds is 0. The van der Waals surface area contributed by atoms with E-state index in [1.54, 1.807) is 11.6 Å². The molecule has 0 aliphatic heterocycles. The van der Waals surface area contributed by atoms with E-state index in [1.165, 1.54) is 32.1 Å². The van der Waals surface area contributed by atoms with E-state index in [2.05, 4.69) is 33.4 Å². The van der Waals surface area contributed by atoms with E-state index >= 15 is 0 Å². The van der Waals surface area contributed by atoms with Crippen molar-refractivity contribution in [2.24, 2.45) is 17.3 Å². The van der Waals surface area contributed by atoms with Crippen molar-refractivity contribution in [3.63, 3.8) is 0 Å². The van der Waals surface area contributed by atoms with Gasteiger partial charge in [0.25, 0.3) is 0 Å². The SMILES string of the molecule is C=CC.C[C@@H]1CCC2=CCC[C@@H](C)[C@]2(C)C1. The van der Waals surface area contributed by atoms with Crippen molar-refractivity contribution in [1.82, 2.24) is 0 Å². The lowest BCUT2D eigenvalue weighted by atomic mass is 9.59. The summed E-state index contributed by atoms with van der Waals surface area (Å²) in [4.78, 5) is 0. The van der Waals surface area contributed by atoms with Crippen molar-refractivity contribution < 1.29 is 0 Å². The predicted octanol–water partition coefficient (Wildman–Crippen LogP) is 5.36. The minimum absolute atomic E-state index is 0.565. The number of fused-ring (bicyclic) bond motifs is 1. The molecule has 2 rings (SSSR count). The van der Waals surface area contributed by atoms with Crippen molar-refractivity contribution in [3.8, 4) is 0 Å². The van der Waals surface area contributed by atoms with Crippen molar-refractivity contribution in [2.45, 2.75) is 59.8 Å². The van der Waals surface area contributed by atoms with Crippen LogP contribution in [0.3, 0.4) is 0 Å². The fraction of sp³-hybridized carbons (Fsp3) is 0.750. The molecule has 0 amide bonds. The van der Waals surface area contributed by atoms with Crippen LogP contribution in [0.5, 0.6) is 0 Å². The van der Waals surface area contributed by atoms with Crippen molar-refractivity contribution in [3.05, 3.63) is 24.3 Å². The second kappa shape index (κ2) is 5.70. The van der Waals surface area contributed by atoms with Gasteiger partial charge in [-0.3, -0.25) is 0 Å². The first kappa shape index (κ1) is 13.5. The summed E-state index contributed by atoms with van der Waals surface area (Å²) in [6.07, 6.45) is 11.3. The van der Waals surface area contributed by atoms with Gasteiger partial charge in [-0.15, -0.1) is 6.58 Å². The zero-order valence-corrected chi connectivity index (χ0v) is 11.6. The second-order valence-electron chi connectivity index (χ2n) is 5.88. The van der Waals surface area contributed by atoms with Crippen LogP contribution in [0.4, 0.5) is 0 Å². The Morgan fingerprint density at radius 3 is 2.62 bits per heavy atom. The Morgan fingerprint density at radius 1 is 1.38 bits per heavy atom. The maximum atomic E-state index is 3.36. The van der Waals surface area contributed by atoms with Crippen LogP contribution in [0.1, 0.15) is 59.8 Å². The maximum Gasteiger partial charge on any atom is -0.00881 e. The van der Waals surface area contributed by atoms with Gasteiger partial charge in [-0.1, -0.05) is 38.5 Å². The summed E-state index contributed by atoms with van der Waals surface area (Å²) in [6.45, 7) is 12.6. The summed E-state index contributed by atoms with van der Waals surface area (Å²) < 4.78 is 0. The van der Waals surface area contributed by atoms with Crippen LogP contribution in [0.25, 0.3) is 0 Å². The molecule has 1 saturated carbocycles. The molecule has 0 heteroatoms. The molecule has 1 fully saturated rings. The minimum atomic E-state index is 0.565. The molecule has 0 aromatic carbocycles. The van der Waals surface area contributed by atoms with E-state index in [0.717, 1.165) is 11.8 Å². The standard InChI is InChI=1S/C13H22.C3H6/c1-10-7-8-12-6-4-5-11(2)13(12,3)9-10;1-3-2/h6,10-11H,4-5,7-9H2,1-3H3;3H,1H2,2H3/t10-,11-,13+;/m1./s1. The van der Waals surface area contributed by atoms with Gasteiger partial charge in [-0.05, 0) is 56.3 Å². The Hall–Kier alpha value is -0.520. The fourth-order valence-electron chi connectivity index (χ4n) is 3.32. The van der Waals surface area contributed by atoms with Crippen LogP contribution in [-0.4, -0.2) is 0 Å². The zero-order chi connectivity index (χ0) is 12.2. The van der Waals surface area contributed by atoms with Crippen molar-refractivity contribution >= 4 is 0 Å². The molecule has 0 aromatic heterocycles. The van der Waals surface area contributed by atoms with Gasteiger partial charge in [-0.25, -0.2) is 0 Å². The lowest BCUT2D eigenvalue weighted by Gasteiger charge is -2.46. The third-order valence-corrected chi connectivity index (χ3v) is 4.49. The summed E-state index contributed by atoms with van der Waals surface area (Å²) in [5, 5.41) is 0. The smallest absolute Gasteiger partial charge is 0.00881 e. The lowest BCUT2D eigenvalue weighted by molar-refractivity contribution is 0.145. The molecule has 0 heterocycles. The highest BCUT2D eigenvalue weighted by Gasteiger charge is 2.40. The quantitative estimate of drug-likeness (QED) is 0.482. The second-order valence-corrected chi connectivity index (χ2v) is 5.88. The molecule has 0 bridgehead atoms. The average molecular weight is 220 g/mol. The van der Waals surface area contributed by atoms with Crippen LogP contribution in [-0.2, 0) is 0 Å². The van der Waals surface area contributed by atoms with E-state index in [0.29, 0.717) is 5.41 Å². The van der Waals surface area contributed by atoms with Gasteiger partial charge >= 0.3 is 0 Å². The monoisotopic (exact) mass is 220 g/mol. The molecule has 0 radical (unpaired) electrons. The maximum absolute atomic E-state index is 3.36. The number of allylic oxidation sites excluding steroid dienone is 3. The summed E-state index contributed by atoms with van der Waals surface area (Å²) in [5.74, 6) is 1.86. The van der Waals surface area contributed by atoms with Crippen molar-refractivity contribution in [2.75, 3.05) is 0 Å². The molecule has 0 nitrogen and oxygen atoms in total. The third kappa shape index (κ3) is 2.78. The fourth-order valence-corrected chi connectivity index (χ4v) is 3.32. The van der Waals surface area contributed by atoms with Gasteiger partial charge in [0.2, 0.25) is 0 Å². The molecule has 0 spiro atoms. The molecule has 2 aliphatic rings. The minimum Gasteiger partial charge on any atom is -0.103 e. The predicted molar refractivity (Wildman–Crippen MR) is 73.5 cm³/mol. The largest absolute Gasteiger partial charge is 0.103 e. The highest BCUT2D eigenvalue weighted by Crippen LogP contribution is 2.51. The van der Waals surface area contributed by atoms with E-state index in [4.69, 9.17) is 0 Å². The summed E-state index contributed by atoms with van der Waals surface area (Å²) >= 11 is 0. The van der Waals surface area contributed by atoms with Crippen LogP contribution >= 0.6 is 0 Å². The van der Waals surface area contributed by atoms with E-state index in [-0.39, 0.29) is 0 Å². The van der Waals surface area contributed by atoms with E-state index < -0.39 is 0 Å². The topological polar surface area (TPSA) is 0 Å². The highest BCUT2D eigenvalue weighted by atomic mass is 14.4. The van der Waals surface area contributed by atoms with Crippen LogP contribution in [0.15, 0.2) is 24.3 Å². The molecule has 3 atom stereocenters. The average Bonchev–Trinajstić information content (AvgIpc) is 2.21. The summed E-state index contributed by atoms with van der Waals surface area (Å²) in [7, 11) is 0. The van der Waals surface area contributed by atoms with Gasteiger partial charge < -0.3 is 0 Å².